The van der Waals surface area contributed by atoms with Gasteiger partial charge in [-0.1, -0.05) is 34.1 Å². The zero-order chi connectivity index (χ0) is 8.55. The van der Waals surface area contributed by atoms with Crippen LogP contribution in [0.1, 0.15) is 5.56 Å². The minimum Gasteiger partial charge on any atom is -0.288 e. The fraction of sp³-hybridized carbons (Fsp3) is 0.111. The first-order valence-corrected chi connectivity index (χ1v) is 4.49. The number of nitrogens with zero attached hydrogens (tertiary/aromatic N) is 1. The van der Waals surface area contributed by atoms with Crippen LogP contribution in [0.2, 0.25) is 0 Å². The van der Waals surface area contributed by atoms with E-state index in [4.69, 9.17) is 0 Å². The molecular formula is C9H8BrNO. The number of hydrogen-bond donors (Lipinski definition) is 1. The van der Waals surface area contributed by atoms with Crippen molar-refractivity contribution in [2.24, 2.45) is 0 Å². The fourth-order valence-corrected chi connectivity index (χ4v) is 1.61. The van der Waals surface area contributed by atoms with Crippen LogP contribution in [0.4, 0.5) is 5.69 Å². The Kier molecular flexibility index (Phi) is 1.90. The second kappa shape index (κ2) is 2.92. The van der Waals surface area contributed by atoms with Gasteiger partial charge in [0.15, 0.2) is 0 Å². The van der Waals surface area contributed by atoms with Crippen molar-refractivity contribution in [3.05, 3.63) is 34.3 Å². The molecule has 1 N–H and O–H groups in total. The summed E-state index contributed by atoms with van der Waals surface area (Å²) in [6, 6.07) is 5.83. The SMILES string of the molecule is ON1CC=Cc2ccc(Br)cc21. The quantitative estimate of drug-likeness (QED) is 0.735. The summed E-state index contributed by atoms with van der Waals surface area (Å²) in [6.07, 6.45) is 3.94. The standard InChI is InChI=1S/C9H8BrNO/c10-8-4-3-7-2-1-5-11(12)9(7)6-8/h1-4,6,12H,5H2. The highest BCUT2D eigenvalue weighted by atomic mass is 79.9. The highest BCUT2D eigenvalue weighted by molar-refractivity contribution is 9.10. The Hall–Kier alpha value is -0.800. The molecule has 1 aromatic carbocycles. The molecule has 0 aliphatic carbocycles. The molecule has 1 heterocycles. The van der Waals surface area contributed by atoms with Crippen LogP contribution in [0.3, 0.4) is 0 Å². The molecule has 2 rings (SSSR count). The lowest BCUT2D eigenvalue weighted by Crippen LogP contribution is -2.20. The highest BCUT2D eigenvalue weighted by Crippen LogP contribution is 2.27. The van der Waals surface area contributed by atoms with E-state index in [1.807, 2.05) is 30.4 Å². The third kappa shape index (κ3) is 1.26. The molecule has 0 radical (unpaired) electrons. The first kappa shape index (κ1) is 7.83. The Morgan fingerprint density at radius 1 is 1.42 bits per heavy atom. The Bertz CT molecular complexity index is 335. The van der Waals surface area contributed by atoms with Gasteiger partial charge in [0.05, 0.1) is 12.2 Å². The Balaban J connectivity index is 2.56. The second-order valence-electron chi connectivity index (χ2n) is 2.69. The average molecular weight is 226 g/mol. The molecule has 0 spiro atoms. The minimum atomic E-state index is 0.559. The third-order valence-corrected chi connectivity index (χ3v) is 2.34. The maximum atomic E-state index is 9.45. The van der Waals surface area contributed by atoms with E-state index in [1.54, 1.807) is 0 Å². The zero-order valence-corrected chi connectivity index (χ0v) is 7.95. The van der Waals surface area contributed by atoms with Gasteiger partial charge in [-0.15, -0.1) is 0 Å². The second-order valence-corrected chi connectivity index (χ2v) is 3.60. The molecule has 0 bridgehead atoms. The van der Waals surface area contributed by atoms with Crippen molar-refractivity contribution < 1.29 is 5.21 Å². The molecule has 0 amide bonds. The largest absolute Gasteiger partial charge is 0.288 e. The molecule has 1 aliphatic heterocycles. The summed E-state index contributed by atoms with van der Waals surface area (Å²) in [5.41, 5.74) is 1.90. The van der Waals surface area contributed by atoms with Crippen molar-refractivity contribution in [3.8, 4) is 0 Å². The van der Waals surface area contributed by atoms with Crippen molar-refractivity contribution in [1.82, 2.24) is 0 Å². The Labute approximate surface area is 79.2 Å². The molecule has 12 heavy (non-hydrogen) atoms. The summed E-state index contributed by atoms with van der Waals surface area (Å²) < 4.78 is 0.982. The van der Waals surface area contributed by atoms with Crippen LogP contribution in [0.5, 0.6) is 0 Å². The molecule has 0 aromatic heterocycles. The molecule has 0 fully saturated rings. The van der Waals surface area contributed by atoms with Gasteiger partial charge >= 0.3 is 0 Å². The van der Waals surface area contributed by atoms with Gasteiger partial charge in [-0.05, 0) is 17.7 Å². The molecule has 0 saturated carbocycles. The van der Waals surface area contributed by atoms with Crippen molar-refractivity contribution in [2.75, 3.05) is 11.6 Å². The van der Waals surface area contributed by atoms with Crippen LogP contribution in [0, 0.1) is 0 Å². The average Bonchev–Trinajstić information content (AvgIpc) is 2.07. The van der Waals surface area contributed by atoms with Gasteiger partial charge in [-0.2, -0.15) is 0 Å². The fourth-order valence-electron chi connectivity index (χ4n) is 1.26. The predicted molar refractivity (Wildman–Crippen MR) is 52.3 cm³/mol. The summed E-state index contributed by atoms with van der Waals surface area (Å²) in [5, 5.41) is 10.7. The Morgan fingerprint density at radius 3 is 3.08 bits per heavy atom. The van der Waals surface area contributed by atoms with Crippen LogP contribution in [0.15, 0.2) is 28.7 Å². The topological polar surface area (TPSA) is 23.5 Å². The minimum absolute atomic E-state index is 0.559. The molecule has 1 aromatic rings. The van der Waals surface area contributed by atoms with E-state index in [-0.39, 0.29) is 0 Å². The molecule has 2 nitrogen and oxygen atoms in total. The van der Waals surface area contributed by atoms with Gasteiger partial charge in [0.25, 0.3) is 0 Å². The first-order valence-electron chi connectivity index (χ1n) is 3.70. The summed E-state index contributed by atoms with van der Waals surface area (Å²) in [7, 11) is 0. The van der Waals surface area contributed by atoms with Gasteiger partial charge in [0.2, 0.25) is 0 Å². The van der Waals surface area contributed by atoms with Crippen LogP contribution in [-0.2, 0) is 0 Å². The predicted octanol–water partition coefficient (Wildman–Crippen LogP) is 2.67. The van der Waals surface area contributed by atoms with E-state index in [0.29, 0.717) is 6.54 Å². The highest BCUT2D eigenvalue weighted by Gasteiger charge is 2.10. The van der Waals surface area contributed by atoms with Crippen LogP contribution < -0.4 is 5.06 Å². The summed E-state index contributed by atoms with van der Waals surface area (Å²) in [4.78, 5) is 0. The van der Waals surface area contributed by atoms with Crippen LogP contribution in [-0.4, -0.2) is 11.8 Å². The van der Waals surface area contributed by atoms with Crippen molar-refractivity contribution in [2.45, 2.75) is 0 Å². The van der Waals surface area contributed by atoms with E-state index in [2.05, 4.69) is 15.9 Å². The smallest absolute Gasteiger partial charge is 0.0721 e. The number of hydroxylamine groups is 1. The first-order chi connectivity index (χ1) is 5.77. The molecule has 1 aliphatic rings. The summed E-state index contributed by atoms with van der Waals surface area (Å²) in [6.45, 7) is 0.559. The molecule has 0 saturated heterocycles. The molecular weight excluding hydrogens is 218 g/mol. The maximum absolute atomic E-state index is 9.45. The van der Waals surface area contributed by atoms with Gasteiger partial charge in [-0.25, -0.2) is 0 Å². The van der Waals surface area contributed by atoms with E-state index < -0.39 is 0 Å². The molecule has 0 atom stereocenters. The number of benzene rings is 1. The van der Waals surface area contributed by atoms with E-state index >= 15 is 0 Å². The molecule has 0 unspecified atom stereocenters. The van der Waals surface area contributed by atoms with E-state index in [9.17, 15) is 5.21 Å². The molecule has 62 valence electrons. The van der Waals surface area contributed by atoms with Gasteiger partial charge in [-0.3, -0.25) is 10.3 Å². The number of halogens is 1. The van der Waals surface area contributed by atoms with Crippen LogP contribution >= 0.6 is 15.9 Å². The van der Waals surface area contributed by atoms with Crippen molar-refractivity contribution >= 4 is 27.7 Å². The lowest BCUT2D eigenvalue weighted by Gasteiger charge is -2.21. The molecule has 3 heteroatoms. The normalized spacial score (nSPS) is 14.7. The van der Waals surface area contributed by atoms with Gasteiger partial charge < -0.3 is 0 Å². The summed E-state index contributed by atoms with van der Waals surface area (Å²) in [5.74, 6) is 0. The third-order valence-electron chi connectivity index (χ3n) is 1.85. The lowest BCUT2D eigenvalue weighted by atomic mass is 10.1. The number of rotatable bonds is 0. The maximum Gasteiger partial charge on any atom is 0.0721 e. The lowest BCUT2D eigenvalue weighted by molar-refractivity contribution is 0.265. The van der Waals surface area contributed by atoms with Crippen LogP contribution in [0.25, 0.3) is 6.08 Å². The number of hydrogen-bond acceptors (Lipinski definition) is 2. The number of fused-ring (bicyclic) bond motifs is 1. The van der Waals surface area contributed by atoms with E-state index in [0.717, 1.165) is 15.7 Å². The van der Waals surface area contributed by atoms with Crippen molar-refractivity contribution in [1.29, 1.82) is 0 Å². The van der Waals surface area contributed by atoms with E-state index in [1.165, 1.54) is 5.06 Å². The summed E-state index contributed by atoms with van der Waals surface area (Å²) >= 11 is 3.36. The Morgan fingerprint density at radius 2 is 2.25 bits per heavy atom. The van der Waals surface area contributed by atoms with Crippen molar-refractivity contribution in [3.63, 3.8) is 0 Å². The zero-order valence-electron chi connectivity index (χ0n) is 6.37. The monoisotopic (exact) mass is 225 g/mol. The van der Waals surface area contributed by atoms with Gasteiger partial charge in [0.1, 0.15) is 0 Å². The van der Waals surface area contributed by atoms with Gasteiger partial charge in [0, 0.05) is 4.47 Å². The number of anilines is 1.